The lowest BCUT2D eigenvalue weighted by molar-refractivity contribution is -0.138. The molecule has 0 aliphatic rings. The fourth-order valence-electron chi connectivity index (χ4n) is 3.24. The molecule has 3 amide bonds. The van der Waals surface area contributed by atoms with E-state index in [9.17, 15) is 14.4 Å². The number of benzene rings is 2. The highest BCUT2D eigenvalue weighted by atomic mass is 32.1. The molecule has 0 bridgehead atoms. The van der Waals surface area contributed by atoms with Crippen molar-refractivity contribution in [1.29, 1.82) is 0 Å². The average Bonchev–Trinajstić information content (AvgIpc) is 2.78. The van der Waals surface area contributed by atoms with Crippen LogP contribution >= 0.6 is 12.6 Å². The number of nitrogens with zero attached hydrogens (tertiary/aromatic N) is 1. The quantitative estimate of drug-likeness (QED) is 0.413. The van der Waals surface area contributed by atoms with E-state index in [2.05, 4.69) is 29.2 Å². The van der Waals surface area contributed by atoms with Gasteiger partial charge in [-0.2, -0.15) is 12.6 Å². The Bertz CT molecular complexity index is 1070. The number of terminal acetylenes is 1. The molecule has 8 heteroatoms. The van der Waals surface area contributed by atoms with Gasteiger partial charge in [-0.05, 0) is 57.0 Å². The maximum absolute atomic E-state index is 13.4. The summed E-state index contributed by atoms with van der Waals surface area (Å²) >= 11 is 4.22. The number of hydrogen-bond donors (Lipinski definition) is 3. The molecule has 0 heterocycles. The molecule has 34 heavy (non-hydrogen) atoms. The minimum atomic E-state index is -0.998. The Hall–Kier alpha value is -3.44. The van der Waals surface area contributed by atoms with Crippen molar-refractivity contribution in [3.8, 4) is 12.3 Å². The summed E-state index contributed by atoms with van der Waals surface area (Å²) in [7, 11) is 1.51. The average molecular weight is 482 g/mol. The lowest BCUT2D eigenvalue weighted by Gasteiger charge is -2.31. The summed E-state index contributed by atoms with van der Waals surface area (Å²) in [5.41, 5.74) is 2.00. The lowest BCUT2D eigenvalue weighted by Crippen LogP contribution is -2.52. The molecule has 0 spiro atoms. The molecule has 2 unspecified atom stereocenters. The number of ether oxygens (including phenoxy) is 1. The van der Waals surface area contributed by atoms with E-state index in [-0.39, 0.29) is 5.75 Å². The van der Waals surface area contributed by atoms with Gasteiger partial charge < -0.3 is 20.3 Å². The van der Waals surface area contributed by atoms with Crippen molar-refractivity contribution in [2.75, 3.05) is 18.1 Å². The number of aryl methyl sites for hydroxylation is 1. The molecule has 0 saturated heterocycles. The van der Waals surface area contributed by atoms with E-state index < -0.39 is 35.6 Å². The standard InChI is InChI=1S/C26H31N3O4S/c1-7-18-12-14-19(15-13-18)22(23(30)27-20-11-9-8-10-17(20)2)29(6)24(31)21(16-34)28-25(32)33-26(3,4)5/h1,8-15,21-22,34H,16H2,2-6H3,(H,27,30)(H,28,32). The number of rotatable bonds is 7. The zero-order valence-corrected chi connectivity index (χ0v) is 21.0. The van der Waals surface area contributed by atoms with Gasteiger partial charge in [0.1, 0.15) is 17.7 Å². The van der Waals surface area contributed by atoms with Gasteiger partial charge in [0.25, 0.3) is 5.91 Å². The van der Waals surface area contributed by atoms with Gasteiger partial charge in [-0.3, -0.25) is 9.59 Å². The van der Waals surface area contributed by atoms with E-state index in [1.807, 2.05) is 25.1 Å². The van der Waals surface area contributed by atoms with Crippen LogP contribution in [0.1, 0.15) is 43.5 Å². The molecule has 2 aromatic carbocycles. The first-order valence-electron chi connectivity index (χ1n) is 10.8. The number of alkyl carbamates (subject to hydrolysis) is 1. The second-order valence-electron chi connectivity index (χ2n) is 8.80. The smallest absolute Gasteiger partial charge is 0.408 e. The number of likely N-dealkylation sites (N-methyl/N-ethyl adjacent to an activating group) is 1. The Morgan fingerprint density at radius 1 is 1.12 bits per heavy atom. The predicted molar refractivity (Wildman–Crippen MR) is 137 cm³/mol. The molecule has 0 fully saturated rings. The molecule has 2 N–H and O–H groups in total. The number of carbonyl (C=O) groups is 3. The van der Waals surface area contributed by atoms with E-state index in [1.54, 1.807) is 51.1 Å². The van der Waals surface area contributed by atoms with Crippen LogP contribution in [0, 0.1) is 19.3 Å². The predicted octanol–water partition coefficient (Wildman–Crippen LogP) is 3.94. The molecule has 0 aliphatic heterocycles. The van der Waals surface area contributed by atoms with Crippen LogP contribution in [0.3, 0.4) is 0 Å². The number of thiol groups is 1. The summed E-state index contributed by atoms with van der Waals surface area (Å²) in [5, 5.41) is 5.44. The highest BCUT2D eigenvalue weighted by molar-refractivity contribution is 7.80. The molecule has 0 aromatic heterocycles. The van der Waals surface area contributed by atoms with Gasteiger partial charge >= 0.3 is 6.09 Å². The van der Waals surface area contributed by atoms with Crippen molar-refractivity contribution in [1.82, 2.24) is 10.2 Å². The van der Waals surface area contributed by atoms with Crippen molar-refractivity contribution in [3.63, 3.8) is 0 Å². The lowest BCUT2D eigenvalue weighted by atomic mass is 10.0. The number of amides is 3. The van der Waals surface area contributed by atoms with E-state index >= 15 is 0 Å². The fraction of sp³-hybridized carbons (Fsp3) is 0.346. The molecular formula is C26H31N3O4S. The Morgan fingerprint density at radius 2 is 1.74 bits per heavy atom. The van der Waals surface area contributed by atoms with Crippen molar-refractivity contribution in [3.05, 3.63) is 65.2 Å². The van der Waals surface area contributed by atoms with Crippen molar-refractivity contribution >= 4 is 36.2 Å². The van der Waals surface area contributed by atoms with Gasteiger partial charge in [-0.1, -0.05) is 36.3 Å². The van der Waals surface area contributed by atoms with Crippen LogP contribution in [-0.2, 0) is 14.3 Å². The first kappa shape index (κ1) is 26.8. The third-order valence-electron chi connectivity index (χ3n) is 4.95. The SMILES string of the molecule is C#Cc1ccc(C(C(=O)Nc2ccccc2C)N(C)C(=O)C(CS)NC(=O)OC(C)(C)C)cc1. The van der Waals surface area contributed by atoms with Gasteiger partial charge in [-0.15, -0.1) is 6.42 Å². The van der Waals surface area contributed by atoms with E-state index in [0.717, 1.165) is 5.56 Å². The molecule has 2 rings (SSSR count). The molecule has 180 valence electrons. The zero-order chi connectivity index (χ0) is 25.5. The van der Waals surface area contributed by atoms with E-state index in [0.29, 0.717) is 16.8 Å². The van der Waals surface area contributed by atoms with Crippen molar-refractivity contribution in [2.24, 2.45) is 0 Å². The van der Waals surface area contributed by atoms with Crippen LogP contribution in [-0.4, -0.2) is 47.3 Å². The molecule has 0 aliphatic carbocycles. The molecule has 0 saturated carbocycles. The van der Waals surface area contributed by atoms with Crippen LogP contribution in [0.5, 0.6) is 0 Å². The molecule has 2 aromatic rings. The Balaban J connectivity index is 2.35. The minimum absolute atomic E-state index is 0.0184. The second-order valence-corrected chi connectivity index (χ2v) is 9.17. The van der Waals surface area contributed by atoms with Gasteiger partial charge in [0.05, 0.1) is 0 Å². The van der Waals surface area contributed by atoms with Crippen molar-refractivity contribution in [2.45, 2.75) is 45.4 Å². The maximum atomic E-state index is 13.4. The Morgan fingerprint density at radius 3 is 2.26 bits per heavy atom. The largest absolute Gasteiger partial charge is 0.444 e. The normalized spacial score (nSPS) is 12.6. The van der Waals surface area contributed by atoms with Gasteiger partial charge in [0.15, 0.2) is 0 Å². The van der Waals surface area contributed by atoms with Crippen LogP contribution in [0.4, 0.5) is 10.5 Å². The number of nitrogens with one attached hydrogen (secondary N) is 2. The number of anilines is 1. The minimum Gasteiger partial charge on any atom is -0.444 e. The van der Waals surface area contributed by atoms with Gasteiger partial charge in [-0.25, -0.2) is 4.79 Å². The van der Waals surface area contributed by atoms with Gasteiger partial charge in [0, 0.05) is 24.1 Å². The number of para-hydroxylation sites is 1. The monoisotopic (exact) mass is 481 g/mol. The summed E-state index contributed by atoms with van der Waals surface area (Å²) in [6.07, 6.45) is 4.71. The molecule has 7 nitrogen and oxygen atoms in total. The molecule has 0 radical (unpaired) electrons. The highest BCUT2D eigenvalue weighted by Gasteiger charge is 2.33. The van der Waals surface area contributed by atoms with Crippen molar-refractivity contribution < 1.29 is 19.1 Å². The third kappa shape index (κ3) is 7.29. The highest BCUT2D eigenvalue weighted by Crippen LogP contribution is 2.24. The molecular weight excluding hydrogens is 450 g/mol. The van der Waals surface area contributed by atoms with E-state index in [1.165, 1.54) is 11.9 Å². The number of hydrogen-bond acceptors (Lipinski definition) is 5. The summed E-state index contributed by atoms with van der Waals surface area (Å²) < 4.78 is 5.26. The summed E-state index contributed by atoms with van der Waals surface area (Å²) in [4.78, 5) is 40.3. The maximum Gasteiger partial charge on any atom is 0.408 e. The summed E-state index contributed by atoms with van der Waals surface area (Å²) in [6.45, 7) is 7.05. The Kier molecular flexibility index (Phi) is 9.16. The number of carbonyl (C=O) groups excluding carboxylic acids is 3. The summed E-state index contributed by atoms with van der Waals surface area (Å²) in [5.74, 6) is 1.65. The zero-order valence-electron chi connectivity index (χ0n) is 20.1. The Labute approximate surface area is 206 Å². The van der Waals surface area contributed by atoms with Crippen LogP contribution in [0.2, 0.25) is 0 Å². The first-order valence-corrected chi connectivity index (χ1v) is 11.4. The topological polar surface area (TPSA) is 87.7 Å². The third-order valence-corrected chi connectivity index (χ3v) is 5.32. The second kappa shape index (κ2) is 11.6. The fourth-order valence-corrected chi connectivity index (χ4v) is 3.48. The summed E-state index contributed by atoms with van der Waals surface area (Å²) in [6, 6.07) is 12.2. The van der Waals surface area contributed by atoms with Crippen LogP contribution < -0.4 is 10.6 Å². The van der Waals surface area contributed by atoms with E-state index in [4.69, 9.17) is 11.2 Å². The molecule has 2 atom stereocenters. The first-order chi connectivity index (χ1) is 16.0. The van der Waals surface area contributed by atoms with Crippen LogP contribution in [0.25, 0.3) is 0 Å². The van der Waals surface area contributed by atoms with Gasteiger partial charge in [0.2, 0.25) is 5.91 Å². The van der Waals surface area contributed by atoms with Crippen LogP contribution in [0.15, 0.2) is 48.5 Å².